The van der Waals surface area contributed by atoms with Crippen LogP contribution in [0.4, 0.5) is 0 Å². The Balaban J connectivity index is 1.68. The summed E-state index contributed by atoms with van der Waals surface area (Å²) in [5, 5.41) is 8.74. The van der Waals surface area contributed by atoms with Crippen molar-refractivity contribution in [2.75, 3.05) is 0 Å². The normalized spacial score (nSPS) is 13.9. The first-order valence-electron chi connectivity index (χ1n) is 10.9. The molecule has 0 spiro atoms. The molecule has 0 radical (unpaired) electrons. The van der Waals surface area contributed by atoms with Crippen LogP contribution in [0.15, 0.2) is 48.5 Å². The second-order valence-electron chi connectivity index (χ2n) is 8.34. The molecule has 0 aliphatic heterocycles. The van der Waals surface area contributed by atoms with Gasteiger partial charge in [-0.2, -0.15) is 4.98 Å². The van der Waals surface area contributed by atoms with Crippen LogP contribution in [0.2, 0.25) is 0 Å². The molecule has 2 aromatic carbocycles. The van der Waals surface area contributed by atoms with E-state index in [1.54, 1.807) is 0 Å². The van der Waals surface area contributed by atoms with E-state index in [1.807, 2.05) is 76.2 Å². The fourth-order valence-electron chi connectivity index (χ4n) is 3.32. The maximum absolute atomic E-state index is 5.91. The van der Waals surface area contributed by atoms with E-state index in [0.29, 0.717) is 11.7 Å². The van der Waals surface area contributed by atoms with E-state index in [-0.39, 0.29) is 18.3 Å². The zero-order valence-electron chi connectivity index (χ0n) is 18.5. The van der Waals surface area contributed by atoms with Crippen LogP contribution < -0.4 is 14.2 Å². The van der Waals surface area contributed by atoms with E-state index in [0.717, 1.165) is 41.2 Å². The minimum absolute atomic E-state index is 0.121. The minimum atomic E-state index is 0.121. The molecule has 162 valence electrons. The van der Waals surface area contributed by atoms with Gasteiger partial charge in [-0.3, -0.25) is 0 Å². The number of rotatable bonds is 8. The molecular weight excluding hydrogens is 390 g/mol. The van der Waals surface area contributed by atoms with Gasteiger partial charge in [0, 0.05) is 11.1 Å². The molecule has 1 fully saturated rings. The van der Waals surface area contributed by atoms with Gasteiger partial charge < -0.3 is 14.2 Å². The van der Waals surface area contributed by atoms with Gasteiger partial charge in [-0.15, -0.1) is 5.10 Å². The summed E-state index contributed by atoms with van der Waals surface area (Å²) in [5.41, 5.74) is 3.29. The fraction of sp³-hybridized carbons (Fsp3) is 0.400. The first-order valence-corrected chi connectivity index (χ1v) is 10.9. The summed E-state index contributed by atoms with van der Waals surface area (Å²) in [4.78, 5) is 4.73. The zero-order chi connectivity index (χ0) is 21.8. The summed E-state index contributed by atoms with van der Waals surface area (Å²) in [7, 11) is 0. The van der Waals surface area contributed by atoms with Crippen molar-refractivity contribution in [1.29, 1.82) is 0 Å². The zero-order valence-corrected chi connectivity index (χ0v) is 18.5. The van der Waals surface area contributed by atoms with Crippen molar-refractivity contribution in [2.45, 2.75) is 65.3 Å². The van der Waals surface area contributed by atoms with Gasteiger partial charge >= 0.3 is 6.01 Å². The Hall–Kier alpha value is -3.15. The monoisotopic (exact) mass is 419 g/mol. The second-order valence-corrected chi connectivity index (χ2v) is 8.34. The van der Waals surface area contributed by atoms with E-state index in [9.17, 15) is 0 Å². The molecule has 4 rings (SSSR count). The third-order valence-corrected chi connectivity index (χ3v) is 4.99. The molecular formula is C25H29N3O3. The standard InChI is InChI=1S/C25H29N3O3/c1-16(2)29-21-12-8-18(9-13-21)23-24(19-10-14-22(15-11-19)30-17(3)4)27-28-25(26-23)31-20-6-5-7-20/h8-17,20H,5-7H2,1-4H3. The molecule has 0 amide bonds. The Morgan fingerprint density at radius 2 is 1.23 bits per heavy atom. The highest BCUT2D eigenvalue weighted by Gasteiger charge is 2.22. The maximum Gasteiger partial charge on any atom is 0.336 e. The Morgan fingerprint density at radius 1 is 0.710 bits per heavy atom. The molecule has 0 unspecified atom stereocenters. The van der Waals surface area contributed by atoms with E-state index in [2.05, 4.69) is 10.2 Å². The molecule has 1 aliphatic rings. The second kappa shape index (κ2) is 9.33. The topological polar surface area (TPSA) is 66.4 Å². The van der Waals surface area contributed by atoms with Crippen molar-refractivity contribution < 1.29 is 14.2 Å². The highest BCUT2D eigenvalue weighted by Crippen LogP contribution is 2.32. The third kappa shape index (κ3) is 5.32. The van der Waals surface area contributed by atoms with Gasteiger partial charge in [0.25, 0.3) is 0 Å². The van der Waals surface area contributed by atoms with Crippen molar-refractivity contribution in [3.8, 4) is 40.0 Å². The van der Waals surface area contributed by atoms with Crippen LogP contribution in [0.25, 0.3) is 22.5 Å². The molecule has 6 nitrogen and oxygen atoms in total. The van der Waals surface area contributed by atoms with Crippen LogP contribution >= 0.6 is 0 Å². The number of aromatic nitrogens is 3. The molecule has 1 aromatic heterocycles. The molecule has 0 bridgehead atoms. The first-order chi connectivity index (χ1) is 15.0. The molecule has 3 aromatic rings. The molecule has 6 heteroatoms. The molecule has 1 saturated carbocycles. The summed E-state index contributed by atoms with van der Waals surface area (Å²) in [6, 6.07) is 16.1. The summed E-state index contributed by atoms with van der Waals surface area (Å²) < 4.78 is 17.5. The van der Waals surface area contributed by atoms with Crippen LogP contribution in [0.1, 0.15) is 47.0 Å². The number of ether oxygens (including phenoxy) is 3. The van der Waals surface area contributed by atoms with Crippen LogP contribution in [-0.4, -0.2) is 33.5 Å². The average Bonchev–Trinajstić information content (AvgIpc) is 2.71. The summed E-state index contributed by atoms with van der Waals surface area (Å²) in [5.74, 6) is 1.64. The summed E-state index contributed by atoms with van der Waals surface area (Å²) >= 11 is 0. The van der Waals surface area contributed by atoms with Crippen molar-refractivity contribution in [1.82, 2.24) is 15.2 Å². The lowest BCUT2D eigenvalue weighted by atomic mass is 9.96. The largest absolute Gasteiger partial charge is 0.491 e. The number of hydrogen-bond acceptors (Lipinski definition) is 6. The quantitative estimate of drug-likeness (QED) is 0.466. The van der Waals surface area contributed by atoms with Crippen molar-refractivity contribution in [3.63, 3.8) is 0 Å². The predicted octanol–water partition coefficient (Wildman–Crippen LogP) is 5.71. The van der Waals surface area contributed by atoms with Crippen LogP contribution in [0.3, 0.4) is 0 Å². The van der Waals surface area contributed by atoms with Crippen molar-refractivity contribution >= 4 is 0 Å². The molecule has 0 N–H and O–H groups in total. The third-order valence-electron chi connectivity index (χ3n) is 4.99. The maximum atomic E-state index is 5.91. The lowest BCUT2D eigenvalue weighted by Gasteiger charge is -2.25. The van der Waals surface area contributed by atoms with Gasteiger partial charge in [-0.05, 0) is 95.5 Å². The highest BCUT2D eigenvalue weighted by atomic mass is 16.5. The lowest BCUT2D eigenvalue weighted by molar-refractivity contribution is 0.107. The predicted molar refractivity (Wildman–Crippen MR) is 120 cm³/mol. The number of nitrogens with zero attached hydrogens (tertiary/aromatic N) is 3. The first kappa shape index (κ1) is 21.1. The average molecular weight is 420 g/mol. The molecule has 1 aliphatic carbocycles. The summed E-state index contributed by atoms with van der Waals surface area (Å²) in [6.07, 6.45) is 3.70. The van der Waals surface area contributed by atoms with Gasteiger partial charge in [-0.25, -0.2) is 0 Å². The van der Waals surface area contributed by atoms with Crippen LogP contribution in [0.5, 0.6) is 17.5 Å². The van der Waals surface area contributed by atoms with E-state index < -0.39 is 0 Å². The highest BCUT2D eigenvalue weighted by molar-refractivity contribution is 5.78. The van der Waals surface area contributed by atoms with Gasteiger partial charge in [0.15, 0.2) is 0 Å². The molecule has 0 atom stereocenters. The minimum Gasteiger partial charge on any atom is -0.491 e. The van der Waals surface area contributed by atoms with Gasteiger partial charge in [-0.1, -0.05) is 5.10 Å². The Morgan fingerprint density at radius 3 is 1.68 bits per heavy atom. The van der Waals surface area contributed by atoms with E-state index >= 15 is 0 Å². The Labute approximate surface area is 183 Å². The van der Waals surface area contributed by atoms with Crippen molar-refractivity contribution in [3.05, 3.63) is 48.5 Å². The fourth-order valence-corrected chi connectivity index (χ4v) is 3.32. The number of hydrogen-bond donors (Lipinski definition) is 0. The SMILES string of the molecule is CC(C)Oc1ccc(-c2nnc(OC3CCC3)nc2-c2ccc(OC(C)C)cc2)cc1. The Bertz CT molecular complexity index is 998. The van der Waals surface area contributed by atoms with Crippen molar-refractivity contribution in [2.24, 2.45) is 0 Å². The number of benzene rings is 2. The van der Waals surface area contributed by atoms with E-state index in [4.69, 9.17) is 19.2 Å². The summed E-state index contributed by atoms with van der Waals surface area (Å²) in [6.45, 7) is 8.04. The van der Waals surface area contributed by atoms with E-state index in [1.165, 1.54) is 6.42 Å². The smallest absolute Gasteiger partial charge is 0.336 e. The van der Waals surface area contributed by atoms with Crippen LogP contribution in [0, 0.1) is 0 Å². The van der Waals surface area contributed by atoms with Gasteiger partial charge in [0.1, 0.15) is 29.0 Å². The van der Waals surface area contributed by atoms with Gasteiger partial charge in [0.2, 0.25) is 0 Å². The molecule has 0 saturated heterocycles. The Kier molecular flexibility index (Phi) is 6.35. The lowest BCUT2D eigenvalue weighted by Crippen LogP contribution is -2.25. The molecule has 1 heterocycles. The molecule has 31 heavy (non-hydrogen) atoms. The van der Waals surface area contributed by atoms with Crippen LogP contribution in [-0.2, 0) is 0 Å². The van der Waals surface area contributed by atoms with Gasteiger partial charge in [0.05, 0.1) is 12.2 Å².